The van der Waals surface area contributed by atoms with Crippen LogP contribution >= 0.6 is 0 Å². The summed E-state index contributed by atoms with van der Waals surface area (Å²) in [4.78, 5) is 11.8. The van der Waals surface area contributed by atoms with Gasteiger partial charge in [0.1, 0.15) is 0 Å². The molecule has 1 aromatic rings. The first-order chi connectivity index (χ1) is 10.1. The van der Waals surface area contributed by atoms with E-state index in [1.165, 1.54) is 14.2 Å². The van der Waals surface area contributed by atoms with E-state index in [0.717, 1.165) is 0 Å². The maximum absolute atomic E-state index is 11.8. The molecule has 0 aromatic heterocycles. The first kappa shape index (κ1) is 16.3. The van der Waals surface area contributed by atoms with Gasteiger partial charge in [0.05, 0.1) is 38.9 Å². The van der Waals surface area contributed by atoms with E-state index < -0.39 is 17.8 Å². The number of hydrogen-bond acceptors (Lipinski definition) is 6. The van der Waals surface area contributed by atoms with Gasteiger partial charge in [-0.15, -0.1) is 0 Å². The normalized spacial score (nSPS) is 12.4. The fourth-order valence-electron chi connectivity index (χ4n) is 1.88. The van der Waals surface area contributed by atoms with Gasteiger partial charge in [0.25, 0.3) is 0 Å². The van der Waals surface area contributed by atoms with E-state index in [0.29, 0.717) is 17.1 Å². The van der Waals surface area contributed by atoms with Crippen molar-refractivity contribution in [1.29, 1.82) is 10.5 Å². The molecule has 0 aliphatic rings. The van der Waals surface area contributed by atoms with Crippen molar-refractivity contribution in [2.45, 2.75) is 12.8 Å². The molecule has 21 heavy (non-hydrogen) atoms. The third kappa shape index (κ3) is 3.64. The number of nitriles is 2. The number of methoxy groups -OCH3 is 2. The first-order valence-electron chi connectivity index (χ1n) is 6.30. The fraction of sp³-hybridized carbons (Fsp3) is 0.400. The smallest absolute Gasteiger partial charge is 0.325 e. The second-order valence-corrected chi connectivity index (χ2v) is 4.08. The maximum Gasteiger partial charge on any atom is 0.325 e. The van der Waals surface area contributed by atoms with Crippen LogP contribution in [0.5, 0.6) is 11.5 Å². The molecule has 110 valence electrons. The average Bonchev–Trinajstić information content (AvgIpc) is 2.51. The van der Waals surface area contributed by atoms with Crippen molar-refractivity contribution < 1.29 is 19.0 Å². The highest BCUT2D eigenvalue weighted by atomic mass is 16.5. The molecular formula is C15H16N2O4. The lowest BCUT2D eigenvalue weighted by molar-refractivity contribution is -0.146. The van der Waals surface area contributed by atoms with Gasteiger partial charge in [-0.2, -0.15) is 10.5 Å². The van der Waals surface area contributed by atoms with Crippen LogP contribution < -0.4 is 9.47 Å². The van der Waals surface area contributed by atoms with E-state index in [9.17, 15) is 10.1 Å². The fourth-order valence-corrected chi connectivity index (χ4v) is 1.88. The molecule has 0 saturated carbocycles. The van der Waals surface area contributed by atoms with Gasteiger partial charge in [-0.1, -0.05) is 6.07 Å². The molecule has 0 saturated heterocycles. The Labute approximate surface area is 123 Å². The van der Waals surface area contributed by atoms with Crippen LogP contribution in [0.2, 0.25) is 0 Å². The molecule has 6 heteroatoms. The number of carbonyl (C=O) groups excluding carboxylic acids is 1. The largest absolute Gasteiger partial charge is 0.493 e. The highest BCUT2D eigenvalue weighted by molar-refractivity contribution is 5.77. The first-order valence-corrected chi connectivity index (χ1v) is 6.30. The predicted molar refractivity (Wildman–Crippen MR) is 73.6 cm³/mol. The Hall–Kier alpha value is -2.73. The second kappa shape index (κ2) is 7.76. The molecule has 0 radical (unpaired) electrons. The van der Waals surface area contributed by atoms with E-state index in [-0.39, 0.29) is 6.61 Å². The van der Waals surface area contributed by atoms with Gasteiger partial charge in [-0.25, -0.2) is 0 Å². The predicted octanol–water partition coefficient (Wildman–Crippen LogP) is 2.01. The monoisotopic (exact) mass is 288 g/mol. The summed E-state index contributed by atoms with van der Waals surface area (Å²) in [5.41, 5.74) is 0.495. The summed E-state index contributed by atoms with van der Waals surface area (Å²) in [6.07, 6.45) is 0. The van der Waals surface area contributed by atoms with Crippen LogP contribution in [0.15, 0.2) is 18.2 Å². The number of carbonyl (C=O) groups is 1. The van der Waals surface area contributed by atoms with Crippen molar-refractivity contribution in [2.24, 2.45) is 5.92 Å². The van der Waals surface area contributed by atoms with Crippen molar-refractivity contribution in [3.8, 4) is 23.6 Å². The van der Waals surface area contributed by atoms with Crippen molar-refractivity contribution in [3.05, 3.63) is 23.8 Å². The number of hydrogen-bond donors (Lipinski definition) is 0. The van der Waals surface area contributed by atoms with Crippen LogP contribution in [0.1, 0.15) is 18.4 Å². The molecule has 2 atom stereocenters. The molecule has 0 N–H and O–H groups in total. The Morgan fingerprint density at radius 2 is 1.86 bits per heavy atom. The minimum Gasteiger partial charge on any atom is -0.493 e. The number of ether oxygens (including phenoxy) is 3. The quantitative estimate of drug-likeness (QED) is 0.743. The lowest BCUT2D eigenvalue weighted by atomic mass is 9.88. The highest BCUT2D eigenvalue weighted by Crippen LogP contribution is 2.33. The van der Waals surface area contributed by atoms with Gasteiger partial charge in [-0.05, 0) is 24.6 Å². The molecule has 0 aliphatic carbocycles. The molecule has 6 nitrogen and oxygen atoms in total. The van der Waals surface area contributed by atoms with Crippen LogP contribution in [0.3, 0.4) is 0 Å². The van der Waals surface area contributed by atoms with E-state index in [2.05, 4.69) is 0 Å². The van der Waals surface area contributed by atoms with Crippen LogP contribution in [0, 0.1) is 28.6 Å². The Bertz CT molecular complexity index is 586. The zero-order chi connectivity index (χ0) is 15.8. The average molecular weight is 288 g/mol. The molecule has 0 bridgehead atoms. The van der Waals surface area contributed by atoms with E-state index in [1.54, 1.807) is 25.1 Å². The second-order valence-electron chi connectivity index (χ2n) is 4.08. The Morgan fingerprint density at radius 3 is 2.33 bits per heavy atom. The van der Waals surface area contributed by atoms with Gasteiger partial charge < -0.3 is 14.2 Å². The summed E-state index contributed by atoms with van der Waals surface area (Å²) in [5, 5.41) is 18.5. The molecular weight excluding hydrogens is 272 g/mol. The summed E-state index contributed by atoms with van der Waals surface area (Å²) in [6, 6.07) is 8.64. The Kier molecular flexibility index (Phi) is 6.03. The summed E-state index contributed by atoms with van der Waals surface area (Å²) >= 11 is 0. The Balaban J connectivity index is 3.18. The van der Waals surface area contributed by atoms with Crippen LogP contribution in [-0.4, -0.2) is 26.8 Å². The summed E-state index contributed by atoms with van der Waals surface area (Å²) in [6.45, 7) is 1.80. The zero-order valence-corrected chi connectivity index (χ0v) is 12.1. The zero-order valence-electron chi connectivity index (χ0n) is 12.1. The topological polar surface area (TPSA) is 92.3 Å². The molecule has 0 fully saturated rings. The number of nitrogens with zero attached hydrogens (tertiary/aromatic N) is 2. The molecule has 2 unspecified atom stereocenters. The van der Waals surface area contributed by atoms with Gasteiger partial charge in [-0.3, -0.25) is 4.79 Å². The van der Waals surface area contributed by atoms with Crippen LogP contribution in [-0.2, 0) is 9.53 Å². The lowest BCUT2D eigenvalue weighted by Gasteiger charge is -2.16. The van der Waals surface area contributed by atoms with Crippen molar-refractivity contribution in [3.63, 3.8) is 0 Å². The summed E-state index contributed by atoms with van der Waals surface area (Å²) in [7, 11) is 2.96. The van der Waals surface area contributed by atoms with Crippen LogP contribution in [0.4, 0.5) is 0 Å². The van der Waals surface area contributed by atoms with Gasteiger partial charge >= 0.3 is 5.97 Å². The number of benzene rings is 1. The molecule has 0 aliphatic heterocycles. The molecule has 0 spiro atoms. The standard InChI is InChI=1S/C15H16N2O4/c1-4-21-15(18)12(9-17)11(8-16)10-5-6-13(19-2)14(7-10)20-3/h5-7,11-12H,4H2,1-3H3. The minimum atomic E-state index is -1.19. The number of esters is 1. The summed E-state index contributed by atoms with van der Waals surface area (Å²) < 4.78 is 15.1. The summed E-state index contributed by atoms with van der Waals surface area (Å²) in [5.74, 6) is -1.90. The lowest BCUT2D eigenvalue weighted by Crippen LogP contribution is -2.22. The third-order valence-corrected chi connectivity index (χ3v) is 2.92. The molecule has 0 amide bonds. The van der Waals surface area contributed by atoms with Gasteiger partial charge in [0, 0.05) is 0 Å². The van der Waals surface area contributed by atoms with Crippen molar-refractivity contribution in [2.75, 3.05) is 20.8 Å². The van der Waals surface area contributed by atoms with Gasteiger partial charge in [0.15, 0.2) is 17.4 Å². The van der Waals surface area contributed by atoms with Crippen molar-refractivity contribution in [1.82, 2.24) is 0 Å². The van der Waals surface area contributed by atoms with Gasteiger partial charge in [0.2, 0.25) is 0 Å². The number of rotatable bonds is 6. The molecule has 1 aromatic carbocycles. The third-order valence-electron chi connectivity index (χ3n) is 2.92. The van der Waals surface area contributed by atoms with Crippen molar-refractivity contribution >= 4 is 5.97 Å². The minimum absolute atomic E-state index is 0.154. The Morgan fingerprint density at radius 1 is 1.19 bits per heavy atom. The molecule has 1 rings (SSSR count). The highest BCUT2D eigenvalue weighted by Gasteiger charge is 2.31. The van der Waals surface area contributed by atoms with E-state index >= 15 is 0 Å². The molecule has 0 heterocycles. The van der Waals surface area contributed by atoms with E-state index in [4.69, 9.17) is 19.5 Å². The SMILES string of the molecule is CCOC(=O)C(C#N)C(C#N)c1ccc(OC)c(OC)c1. The maximum atomic E-state index is 11.8. The van der Waals surface area contributed by atoms with E-state index in [1.807, 2.05) is 12.1 Å². The van der Waals surface area contributed by atoms with Crippen LogP contribution in [0.25, 0.3) is 0 Å².